The molecule has 88 valence electrons. The van der Waals surface area contributed by atoms with Gasteiger partial charge < -0.3 is 0 Å². The van der Waals surface area contributed by atoms with Crippen LogP contribution in [0, 0.1) is 6.92 Å². The molecule has 0 aromatic carbocycles. The molecule has 0 N–H and O–H groups in total. The van der Waals surface area contributed by atoms with Crippen LogP contribution in [0.4, 0.5) is 0 Å². The molecule has 2 rings (SSSR count). The number of halogens is 1. The summed E-state index contributed by atoms with van der Waals surface area (Å²) in [5.74, 6) is 0. The zero-order chi connectivity index (χ0) is 11.9. The number of hydrogen-bond donors (Lipinski definition) is 0. The summed E-state index contributed by atoms with van der Waals surface area (Å²) in [6, 6.07) is 0.0862. The van der Waals surface area contributed by atoms with E-state index in [9.17, 15) is 9.59 Å². The molecule has 1 aromatic rings. The first-order valence-electron chi connectivity index (χ1n) is 5.51. The molecule has 0 saturated heterocycles. The maximum atomic E-state index is 12.1. The molecule has 1 aliphatic carbocycles. The van der Waals surface area contributed by atoms with E-state index in [2.05, 4.69) is 15.9 Å². The summed E-state index contributed by atoms with van der Waals surface area (Å²) in [7, 11) is 1.70. The van der Waals surface area contributed by atoms with Gasteiger partial charge in [-0.15, -0.1) is 0 Å². The molecule has 0 unspecified atom stereocenters. The SMILES string of the molecule is Cc1c(Br)c(=O)n(C2CCCC2)c(=O)n1C. The predicted octanol–water partition coefficient (Wildman–Crippen LogP) is 1.73. The molecule has 5 heteroatoms. The molecule has 16 heavy (non-hydrogen) atoms. The van der Waals surface area contributed by atoms with Crippen LogP contribution < -0.4 is 11.2 Å². The minimum absolute atomic E-state index is 0.0862. The first kappa shape index (κ1) is 11.6. The van der Waals surface area contributed by atoms with Gasteiger partial charge in [-0.05, 0) is 35.7 Å². The molecule has 1 aliphatic rings. The molecule has 1 fully saturated rings. The van der Waals surface area contributed by atoms with E-state index in [1.54, 1.807) is 14.0 Å². The third-order valence-corrected chi connectivity index (χ3v) is 4.32. The average molecular weight is 287 g/mol. The van der Waals surface area contributed by atoms with Gasteiger partial charge in [0.1, 0.15) is 4.47 Å². The molecule has 0 atom stereocenters. The quantitative estimate of drug-likeness (QED) is 0.789. The lowest BCUT2D eigenvalue weighted by Gasteiger charge is -2.16. The van der Waals surface area contributed by atoms with Crippen molar-refractivity contribution in [1.82, 2.24) is 9.13 Å². The van der Waals surface area contributed by atoms with Crippen molar-refractivity contribution in [3.05, 3.63) is 31.0 Å². The molecule has 0 amide bonds. The first-order valence-corrected chi connectivity index (χ1v) is 6.31. The lowest BCUT2D eigenvalue weighted by Crippen LogP contribution is -2.42. The van der Waals surface area contributed by atoms with Crippen LogP contribution in [0.1, 0.15) is 37.4 Å². The van der Waals surface area contributed by atoms with E-state index < -0.39 is 0 Å². The van der Waals surface area contributed by atoms with Crippen molar-refractivity contribution in [2.45, 2.75) is 38.6 Å². The van der Waals surface area contributed by atoms with Crippen LogP contribution in [0.25, 0.3) is 0 Å². The number of nitrogens with zero attached hydrogens (tertiary/aromatic N) is 2. The minimum Gasteiger partial charge on any atom is -0.300 e. The van der Waals surface area contributed by atoms with Crippen LogP contribution in [0.5, 0.6) is 0 Å². The topological polar surface area (TPSA) is 44.0 Å². The summed E-state index contributed by atoms with van der Waals surface area (Å²) in [5.41, 5.74) is 0.300. The third-order valence-electron chi connectivity index (χ3n) is 3.41. The number of rotatable bonds is 1. The highest BCUT2D eigenvalue weighted by Gasteiger charge is 2.22. The Morgan fingerprint density at radius 3 is 2.38 bits per heavy atom. The molecule has 0 radical (unpaired) electrons. The lowest BCUT2D eigenvalue weighted by molar-refractivity contribution is 0.458. The molecule has 1 saturated carbocycles. The number of hydrogen-bond acceptors (Lipinski definition) is 2. The Hall–Kier alpha value is -0.840. The van der Waals surface area contributed by atoms with Crippen LogP contribution in [0.2, 0.25) is 0 Å². The summed E-state index contributed by atoms with van der Waals surface area (Å²) in [6.45, 7) is 1.77. The maximum absolute atomic E-state index is 12.1. The minimum atomic E-state index is -0.197. The van der Waals surface area contributed by atoms with Crippen molar-refractivity contribution >= 4 is 15.9 Å². The predicted molar refractivity (Wildman–Crippen MR) is 65.9 cm³/mol. The normalized spacial score (nSPS) is 16.9. The van der Waals surface area contributed by atoms with Crippen LogP contribution in [-0.2, 0) is 7.05 Å². The van der Waals surface area contributed by atoms with Crippen LogP contribution in [-0.4, -0.2) is 9.13 Å². The molecule has 0 aliphatic heterocycles. The van der Waals surface area contributed by atoms with Crippen molar-refractivity contribution in [3.63, 3.8) is 0 Å². The van der Waals surface area contributed by atoms with Gasteiger partial charge in [0, 0.05) is 18.8 Å². The second-order valence-electron chi connectivity index (χ2n) is 4.35. The van der Waals surface area contributed by atoms with Gasteiger partial charge in [0.15, 0.2) is 0 Å². The summed E-state index contributed by atoms with van der Waals surface area (Å²) >= 11 is 3.27. The zero-order valence-corrected chi connectivity index (χ0v) is 11.1. The Labute approximate surface area is 102 Å². The fourth-order valence-electron chi connectivity index (χ4n) is 2.28. The molecular formula is C11H15BrN2O2. The van der Waals surface area contributed by atoms with E-state index in [1.165, 1.54) is 9.13 Å². The van der Waals surface area contributed by atoms with E-state index in [-0.39, 0.29) is 17.3 Å². The van der Waals surface area contributed by atoms with E-state index in [1.807, 2.05) is 0 Å². The Kier molecular flexibility index (Phi) is 3.06. The van der Waals surface area contributed by atoms with Crippen molar-refractivity contribution < 1.29 is 0 Å². The van der Waals surface area contributed by atoms with E-state index >= 15 is 0 Å². The van der Waals surface area contributed by atoms with Crippen LogP contribution in [0.3, 0.4) is 0 Å². The van der Waals surface area contributed by atoms with Crippen molar-refractivity contribution in [3.8, 4) is 0 Å². The fraction of sp³-hybridized carbons (Fsp3) is 0.636. The van der Waals surface area contributed by atoms with E-state index in [0.29, 0.717) is 10.2 Å². The summed E-state index contributed by atoms with van der Waals surface area (Å²) in [5, 5.41) is 0. The second kappa shape index (κ2) is 4.20. The Morgan fingerprint density at radius 1 is 1.25 bits per heavy atom. The standard InChI is InChI=1S/C11H15BrN2O2/c1-7-9(12)10(15)14(11(16)13(7)2)8-5-3-4-6-8/h8H,3-6H2,1-2H3. The summed E-state index contributed by atoms with van der Waals surface area (Å²) in [4.78, 5) is 24.1. The van der Waals surface area contributed by atoms with Gasteiger partial charge >= 0.3 is 5.69 Å². The van der Waals surface area contributed by atoms with Gasteiger partial charge in [-0.1, -0.05) is 12.8 Å². The smallest absolute Gasteiger partial charge is 0.300 e. The molecule has 1 aromatic heterocycles. The van der Waals surface area contributed by atoms with Gasteiger partial charge in [0.25, 0.3) is 5.56 Å². The Bertz CT molecular complexity index is 487. The highest BCUT2D eigenvalue weighted by molar-refractivity contribution is 9.10. The van der Waals surface area contributed by atoms with Crippen LogP contribution >= 0.6 is 15.9 Å². The molecule has 0 spiro atoms. The zero-order valence-electron chi connectivity index (χ0n) is 9.49. The van der Waals surface area contributed by atoms with Gasteiger partial charge in [-0.25, -0.2) is 4.79 Å². The molecule has 1 heterocycles. The van der Waals surface area contributed by atoms with Crippen molar-refractivity contribution in [2.24, 2.45) is 7.05 Å². The summed E-state index contributed by atoms with van der Waals surface area (Å²) < 4.78 is 3.44. The van der Waals surface area contributed by atoms with E-state index in [4.69, 9.17) is 0 Å². The number of aromatic nitrogens is 2. The largest absolute Gasteiger partial charge is 0.331 e. The van der Waals surface area contributed by atoms with Gasteiger partial charge in [0.2, 0.25) is 0 Å². The average Bonchev–Trinajstić information content (AvgIpc) is 2.77. The van der Waals surface area contributed by atoms with Gasteiger partial charge in [-0.3, -0.25) is 13.9 Å². The Morgan fingerprint density at radius 2 is 1.81 bits per heavy atom. The van der Waals surface area contributed by atoms with Gasteiger partial charge in [-0.2, -0.15) is 0 Å². The highest BCUT2D eigenvalue weighted by atomic mass is 79.9. The van der Waals surface area contributed by atoms with Crippen molar-refractivity contribution in [1.29, 1.82) is 0 Å². The Balaban J connectivity index is 2.70. The highest BCUT2D eigenvalue weighted by Crippen LogP contribution is 2.27. The van der Waals surface area contributed by atoms with Crippen molar-refractivity contribution in [2.75, 3.05) is 0 Å². The van der Waals surface area contributed by atoms with E-state index in [0.717, 1.165) is 25.7 Å². The molecular weight excluding hydrogens is 272 g/mol. The third kappa shape index (κ3) is 1.67. The monoisotopic (exact) mass is 286 g/mol. The lowest BCUT2D eigenvalue weighted by atomic mass is 10.2. The van der Waals surface area contributed by atoms with Crippen LogP contribution in [0.15, 0.2) is 14.1 Å². The fourth-order valence-corrected chi connectivity index (χ4v) is 2.74. The second-order valence-corrected chi connectivity index (χ2v) is 5.15. The molecule has 0 bridgehead atoms. The maximum Gasteiger partial charge on any atom is 0.331 e. The first-order chi connectivity index (χ1) is 7.54. The van der Waals surface area contributed by atoms with Gasteiger partial charge in [0.05, 0.1) is 0 Å². The molecule has 4 nitrogen and oxygen atoms in total. The summed E-state index contributed by atoms with van der Waals surface area (Å²) in [6.07, 6.45) is 4.08.